The van der Waals surface area contributed by atoms with E-state index >= 15 is 0 Å². The molecule has 1 atom stereocenters. The zero-order valence-electron chi connectivity index (χ0n) is 25.8. The van der Waals surface area contributed by atoms with Crippen molar-refractivity contribution in [3.8, 4) is 17.2 Å². The smallest absolute Gasteiger partial charge is 0.416 e. The number of carbonyl (C=O) groups excluding carboxylic acids is 1. The van der Waals surface area contributed by atoms with Crippen LogP contribution in [0.3, 0.4) is 0 Å². The zero-order valence-corrected chi connectivity index (χ0v) is 26.5. The molecular formula is C31H31ClF3N9O3. The molecule has 246 valence electrons. The van der Waals surface area contributed by atoms with Crippen molar-refractivity contribution in [2.45, 2.75) is 37.9 Å². The van der Waals surface area contributed by atoms with Gasteiger partial charge in [-0.25, -0.2) is 14.5 Å². The lowest BCUT2D eigenvalue weighted by Gasteiger charge is -2.20. The summed E-state index contributed by atoms with van der Waals surface area (Å²) in [6.07, 6.45) is 5.24. The Morgan fingerprint density at radius 2 is 1.91 bits per heavy atom. The van der Waals surface area contributed by atoms with Crippen LogP contribution in [0.25, 0.3) is 16.7 Å². The minimum absolute atomic E-state index is 0.0193. The molecule has 1 aromatic carbocycles. The standard InChI is InChI=1S/C31H31ClF3N9O3/c1-41-8-4-5-20(41)16-46-21-10-18(31(33,34)35)9-19(11-21)39-30-40-28-27(43(30)3)26(32)24(13-37-28)47-23-14-38-44-15-25(36-12-22(23)44)42(2)29(45)17-6-7-17/h9-15,17,20H,4-8,16H2,1-3H3,(H,37,39,40)/t20-/m0/s1. The molecule has 0 radical (unpaired) electrons. The molecule has 1 aliphatic heterocycles. The number of benzene rings is 1. The summed E-state index contributed by atoms with van der Waals surface area (Å²) >= 11 is 6.78. The summed E-state index contributed by atoms with van der Waals surface area (Å²) in [4.78, 5) is 29.4. The van der Waals surface area contributed by atoms with Crippen LogP contribution in [0.5, 0.6) is 17.2 Å². The number of alkyl halides is 3. The molecule has 16 heteroatoms. The number of nitrogens with zero attached hydrogens (tertiary/aromatic N) is 8. The molecule has 2 fully saturated rings. The normalized spacial score (nSPS) is 17.0. The maximum Gasteiger partial charge on any atom is 0.416 e. The molecular weight excluding hydrogens is 639 g/mol. The van der Waals surface area contributed by atoms with Gasteiger partial charge in [-0.15, -0.1) is 0 Å². The number of pyridine rings is 1. The van der Waals surface area contributed by atoms with Crippen molar-refractivity contribution in [3.05, 3.63) is 53.6 Å². The number of fused-ring (bicyclic) bond motifs is 2. The highest BCUT2D eigenvalue weighted by Crippen LogP contribution is 2.39. The summed E-state index contributed by atoms with van der Waals surface area (Å²) in [5.41, 5.74) is 0.486. The van der Waals surface area contributed by atoms with Crippen molar-refractivity contribution in [2.24, 2.45) is 13.0 Å². The number of aryl methyl sites for hydroxylation is 1. The Balaban J connectivity index is 1.13. The Morgan fingerprint density at radius 1 is 1.11 bits per heavy atom. The molecule has 0 bridgehead atoms. The highest BCUT2D eigenvalue weighted by Gasteiger charge is 2.34. The second-order valence-electron chi connectivity index (χ2n) is 11.9. The molecule has 1 aliphatic carbocycles. The van der Waals surface area contributed by atoms with E-state index in [9.17, 15) is 18.0 Å². The van der Waals surface area contributed by atoms with Crippen LogP contribution in [0.4, 0.5) is 30.6 Å². The van der Waals surface area contributed by atoms with Crippen LogP contribution in [0.2, 0.25) is 5.02 Å². The Hall–Kier alpha value is -4.63. The summed E-state index contributed by atoms with van der Waals surface area (Å²) in [6, 6.07) is 3.66. The Bertz CT molecular complexity index is 1990. The highest BCUT2D eigenvalue weighted by molar-refractivity contribution is 6.36. The lowest BCUT2D eigenvalue weighted by Crippen LogP contribution is -2.30. The molecule has 7 rings (SSSR count). The first kappa shape index (κ1) is 31.0. The number of halogens is 4. The zero-order chi connectivity index (χ0) is 33.0. The van der Waals surface area contributed by atoms with Crippen LogP contribution >= 0.6 is 11.6 Å². The number of ether oxygens (including phenoxy) is 2. The van der Waals surface area contributed by atoms with Crippen LogP contribution in [0, 0.1) is 5.92 Å². The van der Waals surface area contributed by atoms with E-state index in [1.807, 2.05) is 7.05 Å². The first-order valence-corrected chi connectivity index (χ1v) is 15.5. The number of likely N-dealkylation sites (N-methyl/N-ethyl adjacent to an activating group) is 1. The molecule has 4 aromatic heterocycles. The van der Waals surface area contributed by atoms with E-state index in [1.54, 1.807) is 35.6 Å². The average molecular weight is 670 g/mol. The lowest BCUT2D eigenvalue weighted by molar-refractivity contribution is -0.137. The van der Waals surface area contributed by atoms with Gasteiger partial charge in [0, 0.05) is 37.8 Å². The first-order valence-electron chi connectivity index (χ1n) is 15.1. The van der Waals surface area contributed by atoms with Gasteiger partial charge in [-0.05, 0) is 51.4 Å². The molecule has 2 aliphatic rings. The van der Waals surface area contributed by atoms with Crippen molar-refractivity contribution in [1.29, 1.82) is 0 Å². The number of hydrogen-bond donors (Lipinski definition) is 1. The van der Waals surface area contributed by atoms with E-state index in [2.05, 4.69) is 30.3 Å². The van der Waals surface area contributed by atoms with Gasteiger partial charge < -0.3 is 24.3 Å². The third-order valence-electron chi connectivity index (χ3n) is 8.59. The summed E-state index contributed by atoms with van der Waals surface area (Å²) in [5.74, 6) is 1.40. The van der Waals surface area contributed by atoms with E-state index in [-0.39, 0.29) is 58.3 Å². The van der Waals surface area contributed by atoms with Gasteiger partial charge >= 0.3 is 6.18 Å². The first-order chi connectivity index (χ1) is 22.5. The van der Waals surface area contributed by atoms with Gasteiger partial charge in [0.1, 0.15) is 28.4 Å². The molecule has 47 heavy (non-hydrogen) atoms. The van der Waals surface area contributed by atoms with Crippen molar-refractivity contribution >= 4 is 51.6 Å². The van der Waals surface area contributed by atoms with Crippen molar-refractivity contribution in [3.63, 3.8) is 0 Å². The van der Waals surface area contributed by atoms with Gasteiger partial charge in [-0.3, -0.25) is 9.69 Å². The number of rotatable bonds is 9. The number of anilines is 3. The van der Waals surface area contributed by atoms with Crippen molar-refractivity contribution in [2.75, 3.05) is 37.5 Å². The molecule has 0 unspecified atom stereocenters. The molecule has 0 spiro atoms. The van der Waals surface area contributed by atoms with Crippen LogP contribution in [-0.4, -0.2) is 73.2 Å². The topological polar surface area (TPSA) is 115 Å². The maximum atomic E-state index is 13.8. The van der Waals surface area contributed by atoms with Crippen LogP contribution in [0.1, 0.15) is 31.2 Å². The molecule has 1 saturated heterocycles. The molecule has 5 heterocycles. The second kappa shape index (κ2) is 11.9. The van der Waals surface area contributed by atoms with Gasteiger partial charge in [-0.2, -0.15) is 23.3 Å². The van der Waals surface area contributed by atoms with Gasteiger partial charge in [0.05, 0.1) is 30.4 Å². The van der Waals surface area contributed by atoms with Gasteiger partial charge in [0.15, 0.2) is 23.0 Å². The number of amides is 1. The van der Waals surface area contributed by atoms with E-state index in [1.165, 1.54) is 23.4 Å². The number of hydrogen-bond acceptors (Lipinski definition) is 9. The Morgan fingerprint density at radius 3 is 2.64 bits per heavy atom. The highest BCUT2D eigenvalue weighted by atomic mass is 35.5. The van der Waals surface area contributed by atoms with Gasteiger partial charge in [0.2, 0.25) is 11.9 Å². The number of imidazole rings is 1. The molecule has 5 aromatic rings. The molecule has 1 N–H and O–H groups in total. The lowest BCUT2D eigenvalue weighted by atomic mass is 10.1. The third kappa shape index (κ3) is 6.12. The van der Waals surface area contributed by atoms with Crippen LogP contribution < -0.4 is 19.7 Å². The van der Waals surface area contributed by atoms with E-state index in [0.717, 1.165) is 44.4 Å². The van der Waals surface area contributed by atoms with Crippen molar-refractivity contribution < 1.29 is 27.4 Å². The van der Waals surface area contributed by atoms with Crippen LogP contribution in [0.15, 0.2) is 43.0 Å². The third-order valence-corrected chi connectivity index (χ3v) is 8.95. The summed E-state index contributed by atoms with van der Waals surface area (Å²) in [5, 5.41) is 7.50. The Labute approximate surface area is 272 Å². The minimum atomic E-state index is -4.58. The number of likely N-dealkylation sites (tertiary alicyclic amines) is 1. The summed E-state index contributed by atoms with van der Waals surface area (Å²) < 4.78 is 56.5. The monoisotopic (exact) mass is 669 g/mol. The summed E-state index contributed by atoms with van der Waals surface area (Å²) in [7, 11) is 5.32. The SMILES string of the molecule is CN(C(=O)C1CC1)c1cn2ncc(Oc3cnc4nc(Nc5cc(OC[C@@H]6CCCN6C)cc(C(F)(F)F)c5)n(C)c4c3Cl)c2cn1. The summed E-state index contributed by atoms with van der Waals surface area (Å²) in [6.45, 7) is 1.21. The quantitative estimate of drug-likeness (QED) is 0.200. The minimum Gasteiger partial charge on any atom is -0.492 e. The van der Waals surface area contributed by atoms with Gasteiger partial charge in [-0.1, -0.05) is 11.6 Å². The van der Waals surface area contributed by atoms with Gasteiger partial charge in [0.25, 0.3) is 0 Å². The Kier molecular flexibility index (Phi) is 7.83. The number of aromatic nitrogens is 6. The average Bonchev–Trinajstić information content (AvgIpc) is 3.58. The van der Waals surface area contributed by atoms with E-state index in [0.29, 0.717) is 22.6 Å². The fraction of sp³-hybridized carbons (Fsp3) is 0.387. The predicted octanol–water partition coefficient (Wildman–Crippen LogP) is 6.06. The second-order valence-corrected chi connectivity index (χ2v) is 12.3. The fourth-order valence-electron chi connectivity index (χ4n) is 5.66. The molecule has 1 saturated carbocycles. The molecule has 12 nitrogen and oxygen atoms in total. The maximum absolute atomic E-state index is 13.8. The van der Waals surface area contributed by atoms with E-state index < -0.39 is 11.7 Å². The number of carbonyl (C=O) groups is 1. The largest absolute Gasteiger partial charge is 0.492 e. The predicted molar refractivity (Wildman–Crippen MR) is 169 cm³/mol. The van der Waals surface area contributed by atoms with Crippen LogP contribution in [-0.2, 0) is 18.0 Å². The fourth-order valence-corrected chi connectivity index (χ4v) is 5.96. The molecule has 1 amide bonds. The van der Waals surface area contributed by atoms with E-state index in [4.69, 9.17) is 21.1 Å². The van der Waals surface area contributed by atoms with Crippen molar-refractivity contribution in [1.82, 2.24) is 34.0 Å². The number of nitrogens with one attached hydrogen (secondary N) is 1.